The number of ether oxygens (including phenoxy) is 1. The van der Waals surface area contributed by atoms with Crippen LogP contribution < -0.4 is 0 Å². The Morgan fingerprint density at radius 3 is 2.12 bits per heavy atom. The van der Waals surface area contributed by atoms with Gasteiger partial charge in [0.2, 0.25) is 0 Å². The number of hydrogen-bond donors (Lipinski definition) is 2. The highest BCUT2D eigenvalue weighted by atomic mass is 16.5. The Balaban J connectivity index is 2.48. The summed E-state index contributed by atoms with van der Waals surface area (Å²) in [5, 5.41) is 23.9. The average molecular weight is 562 g/mol. The van der Waals surface area contributed by atoms with Gasteiger partial charge in [-0.1, -0.05) is 72.5 Å². The molecule has 0 aromatic rings. The molecule has 230 valence electrons. The predicted octanol–water partition coefficient (Wildman–Crippen LogP) is 8.14. The molecule has 0 aromatic carbocycles. The summed E-state index contributed by atoms with van der Waals surface area (Å²) in [6.45, 7) is 21.5. The van der Waals surface area contributed by atoms with Crippen LogP contribution in [0.2, 0.25) is 0 Å². The van der Waals surface area contributed by atoms with E-state index in [9.17, 15) is 19.9 Å². The number of carbonyl (C=O) groups excluding carboxylic acids is 2. The molecule has 0 amide bonds. The smallest absolute Gasteiger partial charge is 0.311 e. The Kier molecular flexibility index (Phi) is 10.6. The molecule has 2 aliphatic carbocycles. The zero-order valence-electron chi connectivity index (χ0n) is 27.5. The molecule has 40 heavy (non-hydrogen) atoms. The molecule has 0 aliphatic heterocycles. The summed E-state index contributed by atoms with van der Waals surface area (Å²) in [4.78, 5) is 25.9. The lowest BCUT2D eigenvalue weighted by molar-refractivity contribution is -0.153. The molecule has 2 N–H and O–H groups in total. The summed E-state index contributed by atoms with van der Waals surface area (Å²) in [6, 6.07) is 0. The van der Waals surface area contributed by atoms with Crippen molar-refractivity contribution >= 4 is 17.5 Å². The number of nitrogens with zero attached hydrogens (tertiary/aromatic N) is 1. The third-order valence-electron chi connectivity index (χ3n) is 11.8. The zero-order valence-corrected chi connectivity index (χ0v) is 27.5. The maximum atomic E-state index is 13.2. The minimum Gasteiger partial charge on any atom is -0.469 e. The van der Waals surface area contributed by atoms with Crippen LogP contribution in [0.1, 0.15) is 133 Å². The summed E-state index contributed by atoms with van der Waals surface area (Å²) >= 11 is 0. The molecule has 0 unspecified atom stereocenters. The average Bonchev–Trinajstić information content (AvgIpc) is 2.88. The number of aliphatic hydroxyl groups is 1. The number of carbonyl (C=O) groups is 2. The van der Waals surface area contributed by atoms with Crippen LogP contribution in [0.3, 0.4) is 0 Å². The zero-order chi connectivity index (χ0) is 30.8. The van der Waals surface area contributed by atoms with Crippen LogP contribution in [0, 0.1) is 38.4 Å². The van der Waals surface area contributed by atoms with Gasteiger partial charge in [-0.05, 0) is 105 Å². The highest BCUT2D eigenvalue weighted by Crippen LogP contribution is 2.68. The molecule has 5 atom stereocenters. The first-order valence-corrected chi connectivity index (χ1v) is 15.5. The molecule has 6 nitrogen and oxygen atoms in total. The standard InChI is InChI=1S/C34H59NO5/c1-12-15-29(3,4)18-20-31(7,28(38)40-11)21-19-30(5,6)34(10)17-13-25-32(8,26(34)22-24(2)37)16-14-27(35-39)33(25,9)23-36/h22,25,36,39H,12-21,23H2,1-11H3/b26-22-,35-27?/t25-,31+,32+,33+,34-/m1/s1. The predicted molar refractivity (Wildman–Crippen MR) is 162 cm³/mol. The molecule has 2 aliphatic rings. The summed E-state index contributed by atoms with van der Waals surface area (Å²) in [6.07, 6.45) is 10.5. The van der Waals surface area contributed by atoms with Gasteiger partial charge >= 0.3 is 5.97 Å². The Morgan fingerprint density at radius 2 is 1.62 bits per heavy atom. The Labute approximate surface area is 244 Å². The van der Waals surface area contributed by atoms with Gasteiger partial charge in [-0.15, -0.1) is 0 Å². The van der Waals surface area contributed by atoms with E-state index in [-0.39, 0.29) is 45.9 Å². The first kappa shape index (κ1) is 34.5. The number of oxime groups is 1. The normalized spacial score (nSPS) is 33.0. The number of hydrogen-bond acceptors (Lipinski definition) is 6. The van der Waals surface area contributed by atoms with Gasteiger partial charge in [0.15, 0.2) is 5.78 Å². The van der Waals surface area contributed by atoms with Gasteiger partial charge in [-0.3, -0.25) is 9.59 Å². The fourth-order valence-corrected chi connectivity index (χ4v) is 8.35. The first-order valence-electron chi connectivity index (χ1n) is 15.5. The van der Waals surface area contributed by atoms with Crippen molar-refractivity contribution in [2.45, 2.75) is 133 Å². The van der Waals surface area contributed by atoms with E-state index >= 15 is 0 Å². The van der Waals surface area contributed by atoms with Crippen LogP contribution in [-0.4, -0.2) is 41.5 Å². The van der Waals surface area contributed by atoms with Gasteiger partial charge in [-0.2, -0.15) is 0 Å². The Hall–Kier alpha value is -1.69. The molecule has 0 aromatic heterocycles. The van der Waals surface area contributed by atoms with Crippen molar-refractivity contribution in [1.82, 2.24) is 0 Å². The number of aliphatic hydroxyl groups excluding tert-OH is 1. The molecule has 2 saturated carbocycles. The van der Waals surface area contributed by atoms with Crippen LogP contribution in [0.4, 0.5) is 0 Å². The fraction of sp³-hybridized carbons (Fsp3) is 0.853. The molecule has 0 heterocycles. The van der Waals surface area contributed by atoms with E-state index in [2.05, 4.69) is 60.5 Å². The monoisotopic (exact) mass is 561 g/mol. The summed E-state index contributed by atoms with van der Waals surface area (Å²) < 4.78 is 5.34. The number of fused-ring (bicyclic) bond motifs is 1. The van der Waals surface area contributed by atoms with Gasteiger partial charge in [-0.25, -0.2) is 0 Å². The second-order valence-corrected chi connectivity index (χ2v) is 15.5. The van der Waals surface area contributed by atoms with Crippen LogP contribution in [-0.2, 0) is 14.3 Å². The SMILES string of the molecule is CCCC(C)(C)CC[C@@](C)(CCC(C)(C)[C@]1(C)CC[C@H]2[C@](C)(CO)C(=NO)CC[C@]2(C)/C1=C/C(C)=O)C(=O)OC. The van der Waals surface area contributed by atoms with Crippen molar-refractivity contribution in [2.75, 3.05) is 13.7 Å². The highest BCUT2D eigenvalue weighted by molar-refractivity contribution is 5.92. The quantitative estimate of drug-likeness (QED) is 0.108. The van der Waals surface area contributed by atoms with Crippen molar-refractivity contribution in [3.63, 3.8) is 0 Å². The number of esters is 1. The Morgan fingerprint density at radius 1 is 1.02 bits per heavy atom. The number of methoxy groups -OCH3 is 1. The van der Waals surface area contributed by atoms with Gasteiger partial charge in [0, 0.05) is 5.41 Å². The molecule has 2 fully saturated rings. The van der Waals surface area contributed by atoms with Crippen molar-refractivity contribution in [1.29, 1.82) is 0 Å². The van der Waals surface area contributed by atoms with E-state index in [0.29, 0.717) is 18.6 Å². The second kappa shape index (κ2) is 12.3. The largest absolute Gasteiger partial charge is 0.469 e. The minimum absolute atomic E-state index is 0.0313. The third-order valence-corrected chi connectivity index (χ3v) is 11.8. The molecular formula is C34H59NO5. The van der Waals surface area contributed by atoms with Gasteiger partial charge < -0.3 is 15.1 Å². The third kappa shape index (κ3) is 6.37. The minimum atomic E-state index is -0.641. The van der Waals surface area contributed by atoms with E-state index in [1.54, 1.807) is 6.92 Å². The highest BCUT2D eigenvalue weighted by Gasteiger charge is 2.61. The maximum absolute atomic E-state index is 13.2. The van der Waals surface area contributed by atoms with Crippen LogP contribution in [0.5, 0.6) is 0 Å². The van der Waals surface area contributed by atoms with Gasteiger partial charge in [0.05, 0.1) is 24.8 Å². The molecular weight excluding hydrogens is 502 g/mol. The topological polar surface area (TPSA) is 96.2 Å². The number of ketones is 1. The van der Waals surface area contributed by atoms with E-state index < -0.39 is 10.8 Å². The molecule has 6 heteroatoms. The van der Waals surface area contributed by atoms with E-state index in [1.165, 1.54) is 7.11 Å². The van der Waals surface area contributed by atoms with Crippen molar-refractivity contribution < 1.29 is 24.6 Å². The molecule has 0 saturated heterocycles. The van der Waals surface area contributed by atoms with E-state index in [1.807, 2.05) is 13.0 Å². The first-order chi connectivity index (χ1) is 18.3. The second-order valence-electron chi connectivity index (χ2n) is 15.5. The van der Waals surface area contributed by atoms with Crippen molar-refractivity contribution in [3.05, 3.63) is 11.6 Å². The van der Waals surface area contributed by atoms with E-state index in [4.69, 9.17) is 4.74 Å². The lowest BCUT2D eigenvalue weighted by atomic mass is 9.41. The molecule has 2 rings (SSSR count). The molecule has 0 bridgehead atoms. The number of rotatable bonds is 12. The van der Waals surface area contributed by atoms with Crippen LogP contribution >= 0.6 is 0 Å². The van der Waals surface area contributed by atoms with Crippen LogP contribution in [0.25, 0.3) is 0 Å². The maximum Gasteiger partial charge on any atom is 0.311 e. The Bertz CT molecular complexity index is 996. The molecule has 0 spiro atoms. The number of allylic oxidation sites excluding steroid dienone is 2. The van der Waals surface area contributed by atoms with Crippen molar-refractivity contribution in [2.24, 2.45) is 43.6 Å². The summed E-state index contributed by atoms with van der Waals surface area (Å²) in [7, 11) is 1.49. The molecule has 0 radical (unpaired) electrons. The van der Waals surface area contributed by atoms with Gasteiger partial charge in [0.25, 0.3) is 0 Å². The summed E-state index contributed by atoms with van der Waals surface area (Å²) in [5.41, 5.74) is -0.0606. The lowest BCUT2D eigenvalue weighted by Crippen LogP contribution is -2.58. The van der Waals surface area contributed by atoms with Crippen LogP contribution in [0.15, 0.2) is 16.8 Å². The lowest BCUT2D eigenvalue weighted by Gasteiger charge is -2.63. The van der Waals surface area contributed by atoms with Crippen molar-refractivity contribution in [3.8, 4) is 0 Å². The van der Waals surface area contributed by atoms with Gasteiger partial charge in [0.1, 0.15) is 0 Å². The van der Waals surface area contributed by atoms with E-state index in [0.717, 1.165) is 56.9 Å². The fourth-order valence-electron chi connectivity index (χ4n) is 8.35. The summed E-state index contributed by atoms with van der Waals surface area (Å²) in [5.74, 6) is -0.0539.